The fraction of sp³-hybridized carbons (Fsp3) is 1.00. The third-order valence-electron chi connectivity index (χ3n) is 0.702. The van der Waals surface area contributed by atoms with Crippen LogP contribution in [0.3, 0.4) is 0 Å². The fourth-order valence-corrected chi connectivity index (χ4v) is 0.510. The summed E-state index contributed by atoms with van der Waals surface area (Å²) in [6.07, 6.45) is 0. The molecule has 47 valence electrons. The summed E-state index contributed by atoms with van der Waals surface area (Å²) in [7, 11) is 0. The molecule has 0 amide bonds. The van der Waals surface area contributed by atoms with Crippen molar-refractivity contribution in [2.45, 2.75) is 0 Å². The molecule has 8 heavy (non-hydrogen) atoms. The molecule has 0 saturated heterocycles. The SMILES string of the molecule is NCCNCC[O][Ti]. The summed E-state index contributed by atoms with van der Waals surface area (Å²) in [5.74, 6) is 0. The monoisotopic (exact) mass is 151 g/mol. The predicted molar refractivity (Wildman–Crippen MR) is 27.9 cm³/mol. The number of nitrogens with one attached hydrogen (secondary N) is 1. The van der Waals surface area contributed by atoms with E-state index < -0.39 is 0 Å². The van der Waals surface area contributed by atoms with Crippen molar-refractivity contribution in [2.24, 2.45) is 5.73 Å². The van der Waals surface area contributed by atoms with Crippen LogP contribution >= 0.6 is 0 Å². The van der Waals surface area contributed by atoms with E-state index in [2.05, 4.69) is 5.32 Å². The van der Waals surface area contributed by atoms with E-state index in [-0.39, 0.29) is 0 Å². The van der Waals surface area contributed by atoms with Crippen LogP contribution in [0.15, 0.2) is 0 Å². The van der Waals surface area contributed by atoms with Gasteiger partial charge in [0.2, 0.25) is 0 Å². The Labute approximate surface area is 61.8 Å². The Balaban J connectivity index is 2.53. The molecule has 0 spiro atoms. The summed E-state index contributed by atoms with van der Waals surface area (Å²) in [4.78, 5) is 0. The van der Waals surface area contributed by atoms with Crippen molar-refractivity contribution in [2.75, 3.05) is 26.2 Å². The molecule has 0 fully saturated rings. The van der Waals surface area contributed by atoms with Gasteiger partial charge in [-0.1, -0.05) is 0 Å². The van der Waals surface area contributed by atoms with E-state index in [1.165, 1.54) is 0 Å². The van der Waals surface area contributed by atoms with Gasteiger partial charge < -0.3 is 0 Å². The molecule has 0 heterocycles. The summed E-state index contributed by atoms with van der Waals surface area (Å²) in [6, 6.07) is 0. The van der Waals surface area contributed by atoms with Gasteiger partial charge in [0.1, 0.15) is 0 Å². The molecule has 0 aliphatic carbocycles. The van der Waals surface area contributed by atoms with Gasteiger partial charge in [-0.25, -0.2) is 0 Å². The standard InChI is InChI=1S/C4H11N2O.Ti/c5-1-2-6-3-4-7;/h6H,1-5H2;/q-1;+1. The van der Waals surface area contributed by atoms with Crippen molar-refractivity contribution in [1.29, 1.82) is 0 Å². The van der Waals surface area contributed by atoms with E-state index >= 15 is 0 Å². The zero-order valence-electron chi connectivity index (χ0n) is 4.81. The molecule has 0 aliphatic rings. The van der Waals surface area contributed by atoms with E-state index in [0.29, 0.717) is 6.54 Å². The van der Waals surface area contributed by atoms with E-state index in [0.717, 1.165) is 19.7 Å². The van der Waals surface area contributed by atoms with Crippen LogP contribution in [0, 0.1) is 0 Å². The molecule has 0 atom stereocenters. The Bertz CT molecular complexity index is 39.0. The Morgan fingerprint density at radius 3 is 2.75 bits per heavy atom. The molecule has 0 unspecified atom stereocenters. The first-order valence-electron chi connectivity index (χ1n) is 2.61. The third-order valence-corrected chi connectivity index (χ3v) is 1.02. The van der Waals surface area contributed by atoms with E-state index in [4.69, 9.17) is 9.05 Å². The average Bonchev–Trinajstić information content (AvgIpc) is 1.81. The first-order valence-corrected chi connectivity index (χ1v) is 3.25. The maximum atomic E-state index is 5.21. The molecule has 0 aromatic rings. The second-order valence-electron chi connectivity index (χ2n) is 1.39. The molecule has 4 heteroatoms. The molecule has 0 aliphatic heterocycles. The van der Waals surface area contributed by atoms with Gasteiger partial charge in [0.15, 0.2) is 0 Å². The van der Waals surface area contributed by atoms with Crippen LogP contribution in [0.1, 0.15) is 0 Å². The molecular formula is C4H11N2OTi. The quantitative estimate of drug-likeness (QED) is 0.392. The zero-order chi connectivity index (χ0) is 6.24. The van der Waals surface area contributed by atoms with Crippen LogP contribution in [0.2, 0.25) is 0 Å². The second-order valence-corrected chi connectivity index (χ2v) is 1.84. The van der Waals surface area contributed by atoms with Gasteiger partial charge in [0, 0.05) is 0 Å². The molecular weight excluding hydrogens is 140 g/mol. The van der Waals surface area contributed by atoms with Gasteiger partial charge >= 0.3 is 61.4 Å². The van der Waals surface area contributed by atoms with Crippen LogP contribution in [-0.4, -0.2) is 26.2 Å². The molecule has 0 aromatic heterocycles. The molecule has 3 nitrogen and oxygen atoms in total. The first-order chi connectivity index (χ1) is 3.91. The third kappa shape index (κ3) is 6.59. The molecule has 0 saturated carbocycles. The maximum absolute atomic E-state index is 5.21. The Morgan fingerprint density at radius 1 is 1.50 bits per heavy atom. The van der Waals surface area contributed by atoms with Gasteiger partial charge in [0.25, 0.3) is 0 Å². The van der Waals surface area contributed by atoms with E-state index in [1.54, 1.807) is 20.8 Å². The Kier molecular flexibility index (Phi) is 8.16. The number of rotatable bonds is 5. The van der Waals surface area contributed by atoms with Crippen molar-refractivity contribution in [1.82, 2.24) is 5.32 Å². The van der Waals surface area contributed by atoms with Crippen LogP contribution in [0.4, 0.5) is 0 Å². The number of hydrogen-bond donors (Lipinski definition) is 2. The Morgan fingerprint density at radius 2 is 2.25 bits per heavy atom. The fourth-order valence-electron chi connectivity index (χ4n) is 0.350. The summed E-state index contributed by atoms with van der Waals surface area (Å²) >= 11 is 1.68. The molecule has 0 rings (SSSR count). The van der Waals surface area contributed by atoms with Crippen molar-refractivity contribution in [3.63, 3.8) is 0 Å². The topological polar surface area (TPSA) is 47.3 Å². The number of hydrogen-bond acceptors (Lipinski definition) is 3. The van der Waals surface area contributed by atoms with Gasteiger partial charge in [0.05, 0.1) is 0 Å². The molecule has 3 N–H and O–H groups in total. The zero-order valence-corrected chi connectivity index (χ0v) is 6.38. The van der Waals surface area contributed by atoms with Gasteiger partial charge in [-0.3, -0.25) is 0 Å². The molecule has 0 aromatic carbocycles. The molecule has 0 bridgehead atoms. The van der Waals surface area contributed by atoms with Gasteiger partial charge in [-0.2, -0.15) is 0 Å². The summed E-state index contributed by atoms with van der Waals surface area (Å²) in [6.45, 7) is 3.24. The minimum absolute atomic E-state index is 0.698. The summed E-state index contributed by atoms with van der Waals surface area (Å²) in [5, 5.41) is 3.09. The van der Waals surface area contributed by atoms with Crippen molar-refractivity contribution < 1.29 is 24.1 Å². The second kappa shape index (κ2) is 7.59. The van der Waals surface area contributed by atoms with Crippen LogP contribution < -0.4 is 11.1 Å². The van der Waals surface area contributed by atoms with Gasteiger partial charge in [-0.05, 0) is 0 Å². The van der Waals surface area contributed by atoms with Crippen LogP contribution in [0.5, 0.6) is 0 Å². The van der Waals surface area contributed by atoms with Crippen molar-refractivity contribution in [3.05, 3.63) is 0 Å². The number of nitrogens with two attached hydrogens (primary N) is 1. The summed E-state index contributed by atoms with van der Waals surface area (Å²) < 4.78 is 4.79. The summed E-state index contributed by atoms with van der Waals surface area (Å²) in [5.41, 5.74) is 5.21. The van der Waals surface area contributed by atoms with E-state index in [9.17, 15) is 0 Å². The minimum atomic E-state index is 0.698. The van der Waals surface area contributed by atoms with Crippen LogP contribution in [-0.2, 0) is 24.1 Å². The van der Waals surface area contributed by atoms with Crippen molar-refractivity contribution >= 4 is 0 Å². The first kappa shape index (κ1) is 8.59. The molecule has 0 radical (unpaired) electrons. The van der Waals surface area contributed by atoms with Crippen LogP contribution in [0.25, 0.3) is 0 Å². The predicted octanol–water partition coefficient (Wildman–Crippen LogP) is -0.987. The Hall–Kier alpha value is 0.594. The normalized spacial score (nSPS) is 9.50. The van der Waals surface area contributed by atoms with Gasteiger partial charge in [-0.15, -0.1) is 0 Å². The van der Waals surface area contributed by atoms with E-state index in [1.807, 2.05) is 0 Å². The average molecular weight is 151 g/mol. The van der Waals surface area contributed by atoms with Crippen molar-refractivity contribution in [3.8, 4) is 0 Å².